The molecule has 26 heavy (non-hydrogen) atoms. The quantitative estimate of drug-likeness (QED) is 0.457. The van der Waals surface area contributed by atoms with Crippen molar-refractivity contribution in [3.8, 4) is 11.5 Å². The largest absolute Gasteiger partial charge is 0.493 e. The second kappa shape index (κ2) is 7.45. The van der Waals surface area contributed by atoms with Crippen LogP contribution < -0.4 is 9.47 Å². The first-order chi connectivity index (χ1) is 12.5. The van der Waals surface area contributed by atoms with E-state index in [-0.39, 0.29) is 5.75 Å². The first kappa shape index (κ1) is 17.8. The van der Waals surface area contributed by atoms with Gasteiger partial charge in [0.2, 0.25) is 0 Å². The van der Waals surface area contributed by atoms with E-state index in [0.717, 1.165) is 5.56 Å². The van der Waals surface area contributed by atoms with E-state index in [9.17, 15) is 9.59 Å². The van der Waals surface area contributed by atoms with Crippen molar-refractivity contribution >= 4 is 35.4 Å². The molecule has 2 aromatic rings. The summed E-state index contributed by atoms with van der Waals surface area (Å²) in [5, 5.41) is 0.594. The Balaban J connectivity index is 2.00. The van der Waals surface area contributed by atoms with Crippen molar-refractivity contribution in [3.63, 3.8) is 0 Å². The Kier molecular flexibility index (Phi) is 5.09. The number of esters is 2. The van der Waals surface area contributed by atoms with E-state index >= 15 is 0 Å². The molecule has 0 aromatic heterocycles. The molecule has 0 amide bonds. The molecule has 2 aromatic carbocycles. The summed E-state index contributed by atoms with van der Waals surface area (Å²) in [5.41, 5.74) is 1.59. The third-order valence-electron chi connectivity index (χ3n) is 3.64. The summed E-state index contributed by atoms with van der Waals surface area (Å²) < 4.78 is 15.8. The summed E-state index contributed by atoms with van der Waals surface area (Å²) in [5.74, 6) is 0.0842. The fourth-order valence-electron chi connectivity index (χ4n) is 2.47. The van der Waals surface area contributed by atoms with Gasteiger partial charge >= 0.3 is 11.9 Å². The number of benzene rings is 2. The van der Waals surface area contributed by atoms with E-state index in [0.29, 0.717) is 27.7 Å². The summed E-state index contributed by atoms with van der Waals surface area (Å²) >= 11 is 5.88. The SMILES string of the molecule is COc1cccc(/C=C2/C=C(c3ccc(Cl)cc3)OC2=O)c1OC(C)=O. The summed E-state index contributed by atoms with van der Waals surface area (Å²) in [6.45, 7) is 1.30. The summed E-state index contributed by atoms with van der Waals surface area (Å²) in [4.78, 5) is 23.6. The number of para-hydroxylation sites is 1. The van der Waals surface area contributed by atoms with E-state index in [1.165, 1.54) is 14.0 Å². The predicted molar refractivity (Wildman–Crippen MR) is 97.8 cm³/mol. The Morgan fingerprint density at radius 2 is 1.88 bits per heavy atom. The van der Waals surface area contributed by atoms with Crippen molar-refractivity contribution in [2.45, 2.75) is 6.92 Å². The van der Waals surface area contributed by atoms with Crippen LogP contribution in [0.2, 0.25) is 5.02 Å². The van der Waals surface area contributed by atoms with Crippen molar-refractivity contribution in [2.75, 3.05) is 7.11 Å². The van der Waals surface area contributed by atoms with Crippen LogP contribution in [0.5, 0.6) is 11.5 Å². The number of hydrogen-bond donors (Lipinski definition) is 0. The van der Waals surface area contributed by atoms with Gasteiger partial charge in [0.25, 0.3) is 0 Å². The molecule has 0 aliphatic carbocycles. The van der Waals surface area contributed by atoms with E-state index in [1.54, 1.807) is 54.6 Å². The molecule has 0 saturated carbocycles. The van der Waals surface area contributed by atoms with Gasteiger partial charge in [-0.05, 0) is 42.5 Å². The molecule has 0 fully saturated rings. The third-order valence-corrected chi connectivity index (χ3v) is 3.89. The Bertz CT molecular complexity index is 926. The van der Waals surface area contributed by atoms with Crippen LogP contribution in [0, 0.1) is 0 Å². The van der Waals surface area contributed by atoms with Crippen LogP contribution >= 0.6 is 11.6 Å². The number of halogens is 1. The first-order valence-electron chi connectivity index (χ1n) is 7.75. The molecular weight excluding hydrogens is 356 g/mol. The molecule has 5 nitrogen and oxygen atoms in total. The number of cyclic esters (lactones) is 1. The van der Waals surface area contributed by atoms with Crippen LogP contribution in [0.4, 0.5) is 0 Å². The van der Waals surface area contributed by atoms with Gasteiger partial charge in [-0.3, -0.25) is 4.79 Å². The number of carbonyl (C=O) groups excluding carboxylic acids is 2. The highest BCUT2D eigenvalue weighted by Crippen LogP contribution is 2.35. The lowest BCUT2D eigenvalue weighted by atomic mass is 10.1. The minimum atomic E-state index is -0.494. The smallest absolute Gasteiger partial charge is 0.343 e. The fraction of sp³-hybridized carbons (Fsp3) is 0.100. The third kappa shape index (κ3) is 3.78. The van der Waals surface area contributed by atoms with Gasteiger partial charge in [0.05, 0.1) is 12.7 Å². The molecule has 1 aliphatic heterocycles. The first-order valence-corrected chi connectivity index (χ1v) is 8.12. The molecule has 0 bridgehead atoms. The fourth-order valence-corrected chi connectivity index (χ4v) is 2.60. The molecule has 0 saturated heterocycles. The van der Waals surface area contributed by atoms with Gasteiger partial charge in [-0.25, -0.2) is 4.79 Å². The highest BCUT2D eigenvalue weighted by Gasteiger charge is 2.23. The lowest BCUT2D eigenvalue weighted by Gasteiger charge is -2.10. The number of rotatable bonds is 4. The Labute approximate surface area is 155 Å². The van der Waals surface area contributed by atoms with Crippen molar-refractivity contribution in [2.24, 2.45) is 0 Å². The van der Waals surface area contributed by atoms with E-state index in [4.69, 9.17) is 25.8 Å². The minimum absolute atomic E-state index is 0.246. The van der Waals surface area contributed by atoms with Gasteiger partial charge in [0, 0.05) is 23.1 Å². The topological polar surface area (TPSA) is 61.8 Å². The van der Waals surface area contributed by atoms with Gasteiger partial charge in [0.1, 0.15) is 5.76 Å². The normalized spacial score (nSPS) is 14.8. The molecule has 6 heteroatoms. The van der Waals surface area contributed by atoms with Gasteiger partial charge < -0.3 is 14.2 Å². The highest BCUT2D eigenvalue weighted by atomic mass is 35.5. The Morgan fingerprint density at radius 3 is 2.54 bits per heavy atom. The zero-order valence-electron chi connectivity index (χ0n) is 14.1. The van der Waals surface area contributed by atoms with Crippen molar-refractivity contribution < 1.29 is 23.8 Å². The molecule has 132 valence electrons. The molecule has 1 aliphatic rings. The van der Waals surface area contributed by atoms with Crippen molar-refractivity contribution in [1.82, 2.24) is 0 Å². The number of ether oxygens (including phenoxy) is 3. The summed E-state index contributed by atoms with van der Waals surface area (Å²) in [6.07, 6.45) is 3.22. The summed E-state index contributed by atoms with van der Waals surface area (Å²) in [6, 6.07) is 12.1. The standard InChI is InChI=1S/C20H15ClO5/c1-12(22)25-19-14(4-3-5-17(19)24-2)10-15-11-18(26-20(15)23)13-6-8-16(21)9-7-13/h3-11H,1-2H3/b15-10-. The van der Waals surface area contributed by atoms with Crippen LogP contribution in [-0.2, 0) is 14.3 Å². The molecule has 3 rings (SSSR count). The van der Waals surface area contributed by atoms with Crippen LogP contribution in [0.1, 0.15) is 18.1 Å². The second-order valence-corrected chi connectivity index (χ2v) is 5.91. The zero-order chi connectivity index (χ0) is 18.7. The van der Waals surface area contributed by atoms with Crippen LogP contribution in [0.15, 0.2) is 54.1 Å². The maximum absolute atomic E-state index is 12.2. The molecule has 0 N–H and O–H groups in total. The van der Waals surface area contributed by atoms with Crippen molar-refractivity contribution in [1.29, 1.82) is 0 Å². The van der Waals surface area contributed by atoms with Crippen LogP contribution in [0.25, 0.3) is 11.8 Å². The number of methoxy groups -OCH3 is 1. The average Bonchev–Trinajstić information content (AvgIpc) is 2.97. The molecule has 0 unspecified atom stereocenters. The lowest BCUT2D eigenvalue weighted by molar-refractivity contribution is -0.132. The van der Waals surface area contributed by atoms with Gasteiger partial charge in [-0.1, -0.05) is 23.7 Å². The number of carbonyl (C=O) groups is 2. The molecule has 1 heterocycles. The monoisotopic (exact) mass is 370 g/mol. The number of hydrogen-bond acceptors (Lipinski definition) is 5. The van der Waals surface area contributed by atoms with Crippen LogP contribution in [-0.4, -0.2) is 19.0 Å². The lowest BCUT2D eigenvalue weighted by Crippen LogP contribution is -2.05. The van der Waals surface area contributed by atoms with Crippen LogP contribution in [0.3, 0.4) is 0 Å². The van der Waals surface area contributed by atoms with E-state index < -0.39 is 11.9 Å². The molecular formula is C20H15ClO5. The highest BCUT2D eigenvalue weighted by molar-refractivity contribution is 6.30. The van der Waals surface area contributed by atoms with Crippen molar-refractivity contribution in [3.05, 3.63) is 70.3 Å². The van der Waals surface area contributed by atoms with E-state index in [1.807, 2.05) is 0 Å². The van der Waals surface area contributed by atoms with Gasteiger partial charge in [0.15, 0.2) is 11.5 Å². The maximum atomic E-state index is 12.2. The summed E-state index contributed by atoms with van der Waals surface area (Å²) in [7, 11) is 1.47. The van der Waals surface area contributed by atoms with Gasteiger partial charge in [-0.15, -0.1) is 0 Å². The zero-order valence-corrected chi connectivity index (χ0v) is 14.9. The molecule has 0 atom stereocenters. The predicted octanol–water partition coefficient (Wildman–Crippen LogP) is 4.26. The maximum Gasteiger partial charge on any atom is 0.343 e. The molecule has 0 spiro atoms. The average molecular weight is 371 g/mol. The minimum Gasteiger partial charge on any atom is -0.493 e. The molecule has 0 radical (unpaired) electrons. The second-order valence-electron chi connectivity index (χ2n) is 5.48. The van der Waals surface area contributed by atoms with Gasteiger partial charge in [-0.2, -0.15) is 0 Å². The van der Waals surface area contributed by atoms with E-state index in [2.05, 4.69) is 0 Å². The Hall–Kier alpha value is -3.05. The Morgan fingerprint density at radius 1 is 1.15 bits per heavy atom.